The van der Waals surface area contributed by atoms with Gasteiger partial charge >= 0.3 is 0 Å². The molecule has 0 bridgehead atoms. The molecule has 0 aliphatic heterocycles. The molecule has 4 nitrogen and oxygen atoms in total. The molecule has 3 rings (SSSR count). The number of benzene rings is 1. The molecule has 0 amide bonds. The lowest BCUT2D eigenvalue weighted by molar-refractivity contribution is 0.345. The summed E-state index contributed by atoms with van der Waals surface area (Å²) in [6, 6.07) is 8.36. The third-order valence-electron chi connectivity index (χ3n) is 4.64. The normalized spacial score (nSPS) is 19.3. The molecule has 1 unspecified atom stereocenters. The molecule has 1 aromatic heterocycles. The van der Waals surface area contributed by atoms with Crippen LogP contribution in [0.3, 0.4) is 0 Å². The molecule has 1 aromatic carbocycles. The van der Waals surface area contributed by atoms with Crippen molar-refractivity contribution in [3.63, 3.8) is 0 Å². The monoisotopic (exact) mass is 346 g/mol. The second-order valence-electron chi connectivity index (χ2n) is 7.34. The van der Waals surface area contributed by atoms with Crippen LogP contribution in [0.15, 0.2) is 24.3 Å². The molecule has 130 valence electrons. The van der Waals surface area contributed by atoms with Gasteiger partial charge in [0.05, 0.1) is 11.9 Å². The first-order valence-electron chi connectivity index (χ1n) is 8.45. The van der Waals surface area contributed by atoms with E-state index in [4.69, 9.17) is 9.72 Å². The molecular formula is C19H26N2O2S. The summed E-state index contributed by atoms with van der Waals surface area (Å²) < 4.78 is 20.2. The molecule has 0 N–H and O–H groups in total. The number of hydrogen-bond donors (Lipinski definition) is 0. The summed E-state index contributed by atoms with van der Waals surface area (Å²) in [5.41, 5.74) is 2.30. The summed E-state index contributed by atoms with van der Waals surface area (Å²) in [7, 11) is 2.58. The summed E-state index contributed by atoms with van der Waals surface area (Å²) in [6.45, 7) is 6.06. The number of nitrogens with zero attached hydrogens (tertiary/aromatic N) is 2. The Bertz CT molecular complexity index is 783. The van der Waals surface area contributed by atoms with E-state index in [1.807, 2.05) is 44.3 Å². The highest BCUT2D eigenvalue weighted by Crippen LogP contribution is 2.41. The van der Waals surface area contributed by atoms with Crippen molar-refractivity contribution in [2.75, 3.05) is 14.2 Å². The molecule has 1 aliphatic carbocycles. The molecule has 1 heterocycles. The van der Waals surface area contributed by atoms with Gasteiger partial charge in [-0.2, -0.15) is 0 Å². The molecule has 2 aromatic rings. The summed E-state index contributed by atoms with van der Waals surface area (Å²) in [6.07, 6.45) is 3.00. The first-order valence-corrected chi connectivity index (χ1v) is 9.55. The fraction of sp³-hybridized carbons (Fsp3) is 0.526. The Morgan fingerprint density at radius 3 is 2.54 bits per heavy atom. The lowest BCUT2D eigenvalue weighted by atomic mass is 9.87. The Hall–Kier alpha value is -1.46. The van der Waals surface area contributed by atoms with E-state index >= 15 is 0 Å². The number of methoxy groups -OCH3 is 1. The van der Waals surface area contributed by atoms with E-state index in [0.29, 0.717) is 5.88 Å². The van der Waals surface area contributed by atoms with E-state index in [1.54, 1.807) is 7.11 Å². The minimum Gasteiger partial charge on any atom is -0.481 e. The summed E-state index contributed by atoms with van der Waals surface area (Å²) in [4.78, 5) is 4.77. The van der Waals surface area contributed by atoms with Crippen molar-refractivity contribution < 1.29 is 8.95 Å². The Morgan fingerprint density at radius 1 is 1.25 bits per heavy atom. The van der Waals surface area contributed by atoms with Gasteiger partial charge in [-0.15, -0.1) is 0 Å². The van der Waals surface area contributed by atoms with Gasteiger partial charge in [-0.25, -0.2) is 13.5 Å². The van der Waals surface area contributed by atoms with E-state index in [2.05, 4.69) is 12.1 Å². The second kappa shape index (κ2) is 6.45. The van der Waals surface area contributed by atoms with Crippen molar-refractivity contribution in [1.29, 1.82) is 0 Å². The zero-order chi connectivity index (χ0) is 17.5. The molecule has 0 radical (unpaired) electrons. The summed E-state index contributed by atoms with van der Waals surface area (Å²) in [5.74, 6) is 0.685. The number of aryl methyl sites for hydroxylation is 1. The summed E-state index contributed by atoms with van der Waals surface area (Å²) in [5, 5.41) is 2.20. The van der Waals surface area contributed by atoms with Gasteiger partial charge < -0.3 is 4.74 Å². The molecule has 0 spiro atoms. The highest BCUT2D eigenvalue weighted by molar-refractivity contribution is 7.84. The van der Waals surface area contributed by atoms with Crippen LogP contribution in [0.25, 0.3) is 10.8 Å². The number of pyridine rings is 1. The zero-order valence-electron chi connectivity index (χ0n) is 15.1. The van der Waals surface area contributed by atoms with Crippen molar-refractivity contribution in [2.24, 2.45) is 0 Å². The number of hydrogen-bond acceptors (Lipinski definition) is 3. The van der Waals surface area contributed by atoms with Crippen molar-refractivity contribution in [3.8, 4) is 5.88 Å². The third-order valence-corrected chi connectivity index (χ3v) is 6.46. The van der Waals surface area contributed by atoms with Crippen molar-refractivity contribution in [1.82, 2.24) is 9.29 Å². The molecular weight excluding hydrogens is 320 g/mol. The fourth-order valence-electron chi connectivity index (χ4n) is 3.54. The van der Waals surface area contributed by atoms with Gasteiger partial charge in [0, 0.05) is 24.2 Å². The topological polar surface area (TPSA) is 42.4 Å². The minimum absolute atomic E-state index is 0.122. The van der Waals surface area contributed by atoms with Gasteiger partial charge in [-0.3, -0.25) is 0 Å². The number of aromatic nitrogens is 1. The molecule has 0 fully saturated rings. The average molecular weight is 346 g/mol. The predicted octanol–water partition coefficient (Wildman–Crippen LogP) is 4.01. The van der Waals surface area contributed by atoms with Crippen LogP contribution in [0.2, 0.25) is 0 Å². The first-order chi connectivity index (χ1) is 11.3. The maximum Gasteiger partial charge on any atom is 0.221 e. The maximum absolute atomic E-state index is 12.9. The lowest BCUT2D eigenvalue weighted by Gasteiger charge is -2.36. The molecule has 0 saturated carbocycles. The summed E-state index contributed by atoms with van der Waals surface area (Å²) >= 11 is 0. The predicted molar refractivity (Wildman–Crippen MR) is 99.6 cm³/mol. The SMILES string of the molecule is COc1nc2c(c3ccccc13)C(N(C)[S@@](=O)C(C)(C)C)CCC2. The highest BCUT2D eigenvalue weighted by atomic mass is 32.2. The number of fused-ring (bicyclic) bond motifs is 3. The standard InChI is InChI=1S/C19H26N2O2S/c1-19(2,3)24(22)21(4)16-12-8-11-15-17(16)13-9-6-7-10-14(13)18(20-15)23-5/h6-7,9-10,16H,8,11-12H2,1-5H3/t16?,24-/m0/s1. The van der Waals surface area contributed by atoms with Crippen LogP contribution in [0.1, 0.15) is 50.9 Å². The van der Waals surface area contributed by atoms with Gasteiger partial charge in [0.25, 0.3) is 0 Å². The quantitative estimate of drug-likeness (QED) is 0.843. The molecule has 0 saturated heterocycles. The van der Waals surface area contributed by atoms with E-state index in [0.717, 1.165) is 30.3 Å². The van der Waals surface area contributed by atoms with Crippen LogP contribution >= 0.6 is 0 Å². The van der Waals surface area contributed by atoms with Gasteiger partial charge in [0.2, 0.25) is 5.88 Å². The van der Waals surface area contributed by atoms with E-state index in [9.17, 15) is 4.21 Å². The molecule has 1 aliphatic rings. The molecule has 2 atom stereocenters. The number of rotatable bonds is 3. The molecule has 5 heteroatoms. The Morgan fingerprint density at radius 2 is 1.92 bits per heavy atom. The van der Waals surface area contributed by atoms with Crippen molar-refractivity contribution in [3.05, 3.63) is 35.5 Å². The average Bonchev–Trinajstić information content (AvgIpc) is 2.58. The first kappa shape index (κ1) is 17.4. The molecule has 24 heavy (non-hydrogen) atoms. The van der Waals surface area contributed by atoms with Crippen LogP contribution in [0, 0.1) is 0 Å². The fourth-order valence-corrected chi connectivity index (χ4v) is 4.85. The zero-order valence-corrected chi connectivity index (χ0v) is 15.9. The largest absolute Gasteiger partial charge is 0.481 e. The lowest BCUT2D eigenvalue weighted by Crippen LogP contribution is -2.38. The third kappa shape index (κ3) is 2.95. The van der Waals surface area contributed by atoms with Crippen LogP contribution in [-0.2, 0) is 17.4 Å². The van der Waals surface area contributed by atoms with Gasteiger partial charge in [-0.1, -0.05) is 18.2 Å². The van der Waals surface area contributed by atoms with Crippen molar-refractivity contribution in [2.45, 2.75) is 50.8 Å². The van der Waals surface area contributed by atoms with Crippen LogP contribution < -0.4 is 4.74 Å². The van der Waals surface area contributed by atoms with Crippen LogP contribution in [0.4, 0.5) is 0 Å². The van der Waals surface area contributed by atoms with Crippen LogP contribution in [0.5, 0.6) is 5.88 Å². The highest BCUT2D eigenvalue weighted by Gasteiger charge is 2.34. The minimum atomic E-state index is -1.06. The maximum atomic E-state index is 12.9. The Kier molecular flexibility index (Phi) is 4.67. The number of ether oxygens (including phenoxy) is 1. The van der Waals surface area contributed by atoms with E-state index < -0.39 is 11.0 Å². The smallest absolute Gasteiger partial charge is 0.221 e. The van der Waals surface area contributed by atoms with Gasteiger partial charge in [0.1, 0.15) is 11.0 Å². The second-order valence-corrected chi connectivity index (χ2v) is 9.64. The van der Waals surface area contributed by atoms with Crippen molar-refractivity contribution >= 4 is 21.8 Å². The van der Waals surface area contributed by atoms with Crippen LogP contribution in [-0.4, -0.2) is 32.4 Å². The van der Waals surface area contributed by atoms with E-state index in [-0.39, 0.29) is 10.8 Å². The van der Waals surface area contributed by atoms with Gasteiger partial charge in [-0.05, 0) is 57.0 Å². The van der Waals surface area contributed by atoms with Gasteiger partial charge in [0.15, 0.2) is 0 Å². The van der Waals surface area contributed by atoms with E-state index in [1.165, 1.54) is 10.9 Å². The Balaban J connectivity index is 2.17. The Labute approximate surface area is 146 Å².